The van der Waals surface area contributed by atoms with E-state index < -0.39 is 0 Å². The molecule has 1 aliphatic heterocycles. The summed E-state index contributed by atoms with van der Waals surface area (Å²) < 4.78 is 7.99. The first-order valence-corrected chi connectivity index (χ1v) is 13.2. The first-order chi connectivity index (χ1) is 15.5. The second kappa shape index (κ2) is 11.5. The van der Waals surface area contributed by atoms with Gasteiger partial charge in [0.15, 0.2) is 0 Å². The first-order valence-electron chi connectivity index (χ1n) is 12.3. The van der Waals surface area contributed by atoms with Crippen molar-refractivity contribution in [3.05, 3.63) is 18.7 Å². The van der Waals surface area contributed by atoms with Gasteiger partial charge in [-0.25, -0.2) is 4.98 Å². The van der Waals surface area contributed by atoms with Crippen LogP contribution in [0.15, 0.2) is 18.7 Å². The number of alkyl halides is 2. The van der Waals surface area contributed by atoms with Gasteiger partial charge in [0, 0.05) is 50.4 Å². The predicted molar refractivity (Wildman–Crippen MR) is 128 cm³/mol. The molecule has 0 bridgehead atoms. The SMILES string of the molecule is COC1CNCCC1C1CC(Cn2ccnc2)CC(C(=O)NCC2CCC(Cl)C(Cl)C2)C1. The summed E-state index contributed by atoms with van der Waals surface area (Å²) in [4.78, 5) is 17.5. The molecule has 0 aromatic carbocycles. The van der Waals surface area contributed by atoms with Crippen molar-refractivity contribution in [3.63, 3.8) is 0 Å². The zero-order valence-electron chi connectivity index (χ0n) is 19.1. The Morgan fingerprint density at radius 2 is 2.03 bits per heavy atom. The molecule has 8 unspecified atom stereocenters. The number of hydrogen-bond donors (Lipinski definition) is 2. The van der Waals surface area contributed by atoms with Crippen LogP contribution in [-0.2, 0) is 16.1 Å². The zero-order chi connectivity index (χ0) is 22.5. The molecule has 1 aromatic heterocycles. The molecule has 0 radical (unpaired) electrons. The van der Waals surface area contributed by atoms with Gasteiger partial charge in [-0.15, -0.1) is 23.2 Å². The topological polar surface area (TPSA) is 68.2 Å². The minimum Gasteiger partial charge on any atom is -0.380 e. The zero-order valence-corrected chi connectivity index (χ0v) is 20.6. The number of piperidine rings is 1. The Morgan fingerprint density at radius 1 is 1.16 bits per heavy atom. The van der Waals surface area contributed by atoms with Gasteiger partial charge in [0.25, 0.3) is 0 Å². The molecular weight excluding hydrogens is 447 g/mol. The molecule has 32 heavy (non-hydrogen) atoms. The predicted octanol–water partition coefficient (Wildman–Crippen LogP) is 3.67. The summed E-state index contributed by atoms with van der Waals surface area (Å²) in [6, 6.07) is 0. The van der Waals surface area contributed by atoms with Crippen molar-refractivity contribution in [1.29, 1.82) is 0 Å². The van der Waals surface area contributed by atoms with Crippen LogP contribution in [0, 0.1) is 29.6 Å². The summed E-state index contributed by atoms with van der Waals surface area (Å²) in [5.74, 6) is 2.21. The molecule has 180 valence electrons. The number of ether oxygens (including phenoxy) is 1. The Labute approximate surface area is 202 Å². The van der Waals surface area contributed by atoms with Crippen LogP contribution in [0.4, 0.5) is 0 Å². The van der Waals surface area contributed by atoms with Gasteiger partial charge in [-0.3, -0.25) is 4.79 Å². The number of hydrogen-bond acceptors (Lipinski definition) is 4. The number of rotatable bonds is 7. The maximum absolute atomic E-state index is 13.3. The van der Waals surface area contributed by atoms with E-state index >= 15 is 0 Å². The largest absolute Gasteiger partial charge is 0.380 e. The molecule has 3 fully saturated rings. The van der Waals surface area contributed by atoms with E-state index in [-0.39, 0.29) is 28.7 Å². The standard InChI is InChI=1S/C24H38Cl2N4O2/c1-32-23-13-27-5-4-20(23)18-8-17(14-30-7-6-28-15-30)9-19(11-18)24(31)29-12-16-2-3-21(25)22(26)10-16/h6-7,15-23,27H,2-5,8-14H2,1H3,(H,29,31). The third kappa shape index (κ3) is 6.19. The molecule has 2 heterocycles. The summed E-state index contributed by atoms with van der Waals surface area (Å²) in [6.07, 6.45) is 13.0. The lowest BCUT2D eigenvalue weighted by atomic mass is 9.67. The van der Waals surface area contributed by atoms with E-state index in [0.717, 1.165) is 64.6 Å². The van der Waals surface area contributed by atoms with Crippen molar-refractivity contribution < 1.29 is 9.53 Å². The van der Waals surface area contributed by atoms with Gasteiger partial charge in [-0.05, 0) is 75.2 Å². The summed E-state index contributed by atoms with van der Waals surface area (Å²) in [5, 5.41) is 6.82. The summed E-state index contributed by atoms with van der Waals surface area (Å²) in [6.45, 7) is 3.58. The molecule has 2 saturated carbocycles. The van der Waals surface area contributed by atoms with Crippen LogP contribution in [0.2, 0.25) is 0 Å². The van der Waals surface area contributed by atoms with Crippen molar-refractivity contribution in [3.8, 4) is 0 Å². The third-order valence-corrected chi connectivity index (χ3v) is 9.13. The number of nitrogens with zero attached hydrogens (tertiary/aromatic N) is 2. The fourth-order valence-corrected chi connectivity index (χ4v) is 6.88. The number of aromatic nitrogens is 2. The van der Waals surface area contributed by atoms with Crippen LogP contribution in [-0.4, -0.2) is 59.1 Å². The third-order valence-electron chi connectivity index (χ3n) is 7.99. The van der Waals surface area contributed by atoms with Crippen LogP contribution in [0.1, 0.15) is 44.9 Å². The van der Waals surface area contributed by atoms with Gasteiger partial charge < -0.3 is 19.9 Å². The van der Waals surface area contributed by atoms with Crippen molar-refractivity contribution in [1.82, 2.24) is 20.2 Å². The molecule has 8 atom stereocenters. The van der Waals surface area contributed by atoms with E-state index in [1.165, 1.54) is 0 Å². The first kappa shape index (κ1) is 24.3. The van der Waals surface area contributed by atoms with Gasteiger partial charge in [0.05, 0.1) is 17.8 Å². The average molecular weight is 486 g/mol. The molecular formula is C24H38Cl2N4O2. The molecule has 2 N–H and O–H groups in total. The molecule has 8 heteroatoms. The number of imidazole rings is 1. The average Bonchev–Trinajstić information content (AvgIpc) is 3.32. The van der Waals surface area contributed by atoms with Crippen LogP contribution < -0.4 is 10.6 Å². The van der Waals surface area contributed by atoms with Gasteiger partial charge in [0.1, 0.15) is 0 Å². The number of halogens is 2. The van der Waals surface area contributed by atoms with Crippen molar-refractivity contribution in [2.75, 3.05) is 26.7 Å². The van der Waals surface area contributed by atoms with Crippen molar-refractivity contribution >= 4 is 29.1 Å². The van der Waals surface area contributed by atoms with Crippen molar-refractivity contribution in [2.24, 2.45) is 29.6 Å². The molecule has 0 spiro atoms. The number of nitrogens with one attached hydrogen (secondary N) is 2. The van der Waals surface area contributed by atoms with Gasteiger partial charge in [-0.1, -0.05) is 0 Å². The van der Waals surface area contributed by atoms with Crippen LogP contribution >= 0.6 is 23.2 Å². The molecule has 1 amide bonds. The van der Waals surface area contributed by atoms with Gasteiger partial charge in [-0.2, -0.15) is 0 Å². The quantitative estimate of drug-likeness (QED) is 0.579. The van der Waals surface area contributed by atoms with E-state index in [1.807, 2.05) is 25.8 Å². The lowest BCUT2D eigenvalue weighted by molar-refractivity contribution is -0.128. The summed E-state index contributed by atoms with van der Waals surface area (Å²) in [5.41, 5.74) is 0. The minimum atomic E-state index is 0.0110. The lowest BCUT2D eigenvalue weighted by Crippen LogP contribution is -2.48. The number of methoxy groups -OCH3 is 1. The molecule has 4 rings (SSSR count). The minimum absolute atomic E-state index is 0.0110. The second-order valence-electron chi connectivity index (χ2n) is 10.2. The molecule has 6 nitrogen and oxygen atoms in total. The Hall–Kier alpha value is -0.820. The second-order valence-corrected chi connectivity index (χ2v) is 11.3. The molecule has 3 aliphatic rings. The normalized spacial score (nSPS) is 38.3. The fraction of sp³-hybridized carbons (Fsp3) is 0.833. The van der Waals surface area contributed by atoms with Crippen LogP contribution in [0.5, 0.6) is 0 Å². The van der Waals surface area contributed by atoms with Crippen molar-refractivity contribution in [2.45, 2.75) is 68.3 Å². The summed E-state index contributed by atoms with van der Waals surface area (Å²) >= 11 is 12.6. The van der Waals surface area contributed by atoms with Crippen LogP contribution in [0.25, 0.3) is 0 Å². The highest BCUT2D eigenvalue weighted by Crippen LogP contribution is 2.41. The van der Waals surface area contributed by atoms with E-state index in [0.29, 0.717) is 30.2 Å². The van der Waals surface area contributed by atoms with E-state index in [1.54, 1.807) is 0 Å². The lowest BCUT2D eigenvalue weighted by Gasteiger charge is -2.43. The molecule has 1 aromatic rings. The smallest absolute Gasteiger partial charge is 0.223 e. The highest BCUT2D eigenvalue weighted by molar-refractivity contribution is 6.30. The number of carbonyl (C=O) groups is 1. The number of amides is 1. The van der Waals surface area contributed by atoms with Gasteiger partial charge in [0.2, 0.25) is 5.91 Å². The Morgan fingerprint density at radius 3 is 2.78 bits per heavy atom. The fourth-order valence-electron chi connectivity index (χ4n) is 6.27. The maximum atomic E-state index is 13.3. The highest BCUT2D eigenvalue weighted by atomic mass is 35.5. The molecule has 2 aliphatic carbocycles. The Balaban J connectivity index is 1.39. The molecule has 1 saturated heterocycles. The number of carbonyl (C=O) groups excluding carboxylic acids is 1. The Bertz CT molecular complexity index is 719. The summed E-state index contributed by atoms with van der Waals surface area (Å²) in [7, 11) is 1.82. The maximum Gasteiger partial charge on any atom is 0.223 e. The van der Waals surface area contributed by atoms with Crippen LogP contribution in [0.3, 0.4) is 0 Å². The van der Waals surface area contributed by atoms with E-state index in [9.17, 15) is 4.79 Å². The van der Waals surface area contributed by atoms with E-state index in [4.69, 9.17) is 27.9 Å². The van der Waals surface area contributed by atoms with E-state index in [2.05, 4.69) is 20.2 Å². The Kier molecular flexibility index (Phi) is 8.77. The highest BCUT2D eigenvalue weighted by Gasteiger charge is 2.40. The van der Waals surface area contributed by atoms with Gasteiger partial charge >= 0.3 is 0 Å². The monoisotopic (exact) mass is 484 g/mol.